The lowest BCUT2D eigenvalue weighted by molar-refractivity contribution is -0.137. The van der Waals surface area contributed by atoms with Crippen molar-refractivity contribution in [1.29, 1.82) is 0 Å². The second kappa shape index (κ2) is 9.62. The summed E-state index contributed by atoms with van der Waals surface area (Å²) in [6.07, 6.45) is 0.735. The van der Waals surface area contributed by atoms with Crippen LogP contribution in [0.3, 0.4) is 0 Å². The Morgan fingerprint density at radius 3 is 2.30 bits per heavy atom. The molecule has 8 heteroatoms. The van der Waals surface area contributed by atoms with E-state index in [0.29, 0.717) is 16.8 Å². The first-order valence-corrected chi connectivity index (χ1v) is 11.1. The molecule has 1 fully saturated rings. The Kier molecular flexibility index (Phi) is 6.65. The van der Waals surface area contributed by atoms with Crippen LogP contribution in [0.4, 0.5) is 18.9 Å². The fourth-order valence-corrected chi connectivity index (χ4v) is 3.88. The molecule has 1 N–H and O–H groups in total. The lowest BCUT2D eigenvalue weighted by atomic mass is 10.1. The van der Waals surface area contributed by atoms with Gasteiger partial charge in [0.15, 0.2) is 5.65 Å². The molecule has 0 unspecified atom stereocenters. The molecule has 5 rings (SSSR count). The maximum Gasteiger partial charge on any atom is 0.416 e. The highest BCUT2D eigenvalue weighted by molar-refractivity contribution is 5.78. The maximum atomic E-state index is 13.1. The van der Waals surface area contributed by atoms with Crippen molar-refractivity contribution >= 4 is 11.3 Å². The van der Waals surface area contributed by atoms with Crippen LogP contribution in [0.25, 0.3) is 27.9 Å². The Morgan fingerprint density at radius 2 is 1.61 bits per heavy atom. The first-order chi connectivity index (χ1) is 16.0. The highest BCUT2D eigenvalue weighted by atomic mass is 19.4. The third-order valence-electron chi connectivity index (χ3n) is 5.54. The number of aromatic nitrogens is 3. The summed E-state index contributed by atoms with van der Waals surface area (Å²) in [6, 6.07) is 13.5. The highest BCUT2D eigenvalue weighted by Crippen LogP contribution is 2.33. The second-order valence-corrected chi connectivity index (χ2v) is 7.53. The fraction of sp³-hybridized carbons (Fsp3) is 0.280. The highest BCUT2D eigenvalue weighted by Gasteiger charge is 2.30. The van der Waals surface area contributed by atoms with Gasteiger partial charge < -0.3 is 10.2 Å². The number of anilines is 1. The summed E-state index contributed by atoms with van der Waals surface area (Å²) in [4.78, 5) is 6.84. The minimum atomic E-state index is -4.39. The molecule has 1 aliphatic heterocycles. The Bertz CT molecular complexity index is 1210. The van der Waals surface area contributed by atoms with Crippen LogP contribution in [0.5, 0.6) is 0 Å². The summed E-state index contributed by atoms with van der Waals surface area (Å²) in [5.41, 5.74) is 3.90. The molecular weight excluding hydrogens is 427 g/mol. The van der Waals surface area contributed by atoms with Crippen molar-refractivity contribution in [2.24, 2.45) is 0 Å². The van der Waals surface area contributed by atoms with Crippen molar-refractivity contribution in [2.45, 2.75) is 20.0 Å². The SMILES string of the molecule is CC.FC(F)(F)c1cccc(-c2cnn3cc(-c4ccc(N5CCNCC5)cc4)cnc23)c1. The van der Waals surface area contributed by atoms with E-state index in [-0.39, 0.29) is 0 Å². The summed E-state index contributed by atoms with van der Waals surface area (Å²) in [6.45, 7) is 7.93. The summed E-state index contributed by atoms with van der Waals surface area (Å²) < 4.78 is 40.8. The second-order valence-electron chi connectivity index (χ2n) is 7.53. The molecule has 2 aromatic heterocycles. The number of nitrogens with zero attached hydrogens (tertiary/aromatic N) is 4. The fourth-order valence-electron chi connectivity index (χ4n) is 3.88. The van der Waals surface area contributed by atoms with E-state index in [4.69, 9.17) is 0 Å². The van der Waals surface area contributed by atoms with Crippen molar-refractivity contribution in [3.05, 3.63) is 72.7 Å². The molecule has 0 bridgehead atoms. The molecule has 0 spiro atoms. The van der Waals surface area contributed by atoms with Gasteiger partial charge in [0.1, 0.15) is 0 Å². The molecule has 3 heterocycles. The van der Waals surface area contributed by atoms with E-state index in [2.05, 4.69) is 44.6 Å². The van der Waals surface area contributed by atoms with Gasteiger partial charge in [0.2, 0.25) is 0 Å². The van der Waals surface area contributed by atoms with Gasteiger partial charge in [-0.1, -0.05) is 38.1 Å². The molecule has 0 aliphatic carbocycles. The van der Waals surface area contributed by atoms with Crippen LogP contribution in [0.15, 0.2) is 67.1 Å². The molecule has 172 valence electrons. The Hall–Kier alpha value is -3.39. The molecule has 1 saturated heterocycles. The van der Waals surface area contributed by atoms with Gasteiger partial charge in [0.25, 0.3) is 0 Å². The molecule has 1 aliphatic rings. The smallest absolute Gasteiger partial charge is 0.369 e. The quantitative estimate of drug-likeness (QED) is 0.444. The predicted octanol–water partition coefficient (Wildman–Crippen LogP) is 5.52. The van der Waals surface area contributed by atoms with E-state index in [1.54, 1.807) is 23.0 Å². The topological polar surface area (TPSA) is 45.5 Å². The molecule has 2 aromatic carbocycles. The van der Waals surface area contributed by atoms with E-state index < -0.39 is 11.7 Å². The van der Waals surface area contributed by atoms with Crippen molar-refractivity contribution in [2.75, 3.05) is 31.1 Å². The van der Waals surface area contributed by atoms with Crippen LogP contribution in [-0.4, -0.2) is 40.8 Å². The normalized spacial score (nSPS) is 14.2. The average molecular weight is 454 g/mol. The molecule has 0 amide bonds. The minimum absolute atomic E-state index is 0.436. The largest absolute Gasteiger partial charge is 0.416 e. The van der Waals surface area contributed by atoms with Gasteiger partial charge >= 0.3 is 6.18 Å². The number of halogens is 3. The van der Waals surface area contributed by atoms with Crippen LogP contribution in [-0.2, 0) is 6.18 Å². The minimum Gasteiger partial charge on any atom is -0.369 e. The van der Waals surface area contributed by atoms with E-state index in [9.17, 15) is 13.2 Å². The summed E-state index contributed by atoms with van der Waals surface area (Å²) in [5.74, 6) is 0. The van der Waals surface area contributed by atoms with Crippen LogP contribution in [0, 0.1) is 0 Å². The van der Waals surface area contributed by atoms with Crippen LogP contribution < -0.4 is 10.2 Å². The van der Waals surface area contributed by atoms with E-state index >= 15 is 0 Å². The monoisotopic (exact) mass is 453 g/mol. The number of benzene rings is 2. The first kappa shape index (κ1) is 22.8. The molecular formula is C25H26F3N5. The van der Waals surface area contributed by atoms with Crippen molar-refractivity contribution in [3.63, 3.8) is 0 Å². The van der Waals surface area contributed by atoms with Gasteiger partial charge in [-0.15, -0.1) is 0 Å². The molecule has 0 atom stereocenters. The van der Waals surface area contributed by atoms with Gasteiger partial charge in [0.05, 0.1) is 11.8 Å². The number of alkyl halides is 3. The average Bonchev–Trinajstić information content (AvgIpc) is 3.29. The third-order valence-corrected chi connectivity index (χ3v) is 5.54. The van der Waals surface area contributed by atoms with Gasteiger partial charge in [-0.3, -0.25) is 0 Å². The van der Waals surface area contributed by atoms with Crippen molar-refractivity contribution in [3.8, 4) is 22.3 Å². The van der Waals surface area contributed by atoms with Gasteiger partial charge in [-0.25, -0.2) is 9.50 Å². The number of piperazine rings is 1. The first-order valence-electron chi connectivity index (χ1n) is 11.1. The number of hydrogen-bond acceptors (Lipinski definition) is 4. The van der Waals surface area contributed by atoms with Gasteiger partial charge in [-0.2, -0.15) is 18.3 Å². The van der Waals surface area contributed by atoms with Gasteiger partial charge in [-0.05, 0) is 35.4 Å². The summed E-state index contributed by atoms with van der Waals surface area (Å²) in [7, 11) is 0. The Balaban J connectivity index is 0.00000126. The number of nitrogens with one attached hydrogen (secondary N) is 1. The molecule has 0 saturated carbocycles. The molecule has 0 radical (unpaired) electrons. The van der Waals surface area contributed by atoms with E-state index in [1.165, 1.54) is 11.8 Å². The maximum absolute atomic E-state index is 13.1. The van der Waals surface area contributed by atoms with Crippen molar-refractivity contribution < 1.29 is 13.2 Å². The molecule has 5 nitrogen and oxygen atoms in total. The van der Waals surface area contributed by atoms with E-state index in [1.807, 2.05) is 20.0 Å². The Labute approximate surface area is 190 Å². The lowest BCUT2D eigenvalue weighted by Gasteiger charge is -2.29. The lowest BCUT2D eigenvalue weighted by Crippen LogP contribution is -2.43. The summed E-state index contributed by atoms with van der Waals surface area (Å²) >= 11 is 0. The number of hydrogen-bond donors (Lipinski definition) is 1. The standard InChI is InChI=1S/C23H20F3N5.C2H6/c24-23(25,26)19-3-1-2-17(12-19)21-14-29-31-15-18(13-28-22(21)31)16-4-6-20(7-5-16)30-10-8-27-9-11-30;1-2/h1-7,12-15,27H,8-11H2;1-2H3. The molecule has 33 heavy (non-hydrogen) atoms. The van der Waals surface area contributed by atoms with Crippen molar-refractivity contribution in [1.82, 2.24) is 19.9 Å². The zero-order valence-corrected chi connectivity index (χ0v) is 18.6. The van der Waals surface area contributed by atoms with Crippen LogP contribution in [0.2, 0.25) is 0 Å². The number of rotatable bonds is 3. The summed E-state index contributed by atoms with van der Waals surface area (Å²) in [5, 5.41) is 7.67. The molecule has 4 aromatic rings. The zero-order valence-electron chi connectivity index (χ0n) is 18.6. The van der Waals surface area contributed by atoms with Crippen LogP contribution in [0.1, 0.15) is 19.4 Å². The van der Waals surface area contributed by atoms with Crippen LogP contribution >= 0.6 is 0 Å². The van der Waals surface area contributed by atoms with E-state index in [0.717, 1.165) is 49.4 Å². The zero-order chi connectivity index (χ0) is 23.4. The predicted molar refractivity (Wildman–Crippen MR) is 125 cm³/mol. The Morgan fingerprint density at radius 1 is 0.879 bits per heavy atom. The van der Waals surface area contributed by atoms with Gasteiger partial charge in [0, 0.05) is 55.4 Å². The number of fused-ring (bicyclic) bond motifs is 1. The third kappa shape index (κ3) is 4.85.